The van der Waals surface area contributed by atoms with Gasteiger partial charge in [-0.2, -0.15) is 0 Å². The van der Waals surface area contributed by atoms with Crippen LogP contribution in [-0.2, 0) is 4.79 Å². The Balaban J connectivity index is 2.83. The van der Waals surface area contributed by atoms with Crippen molar-refractivity contribution < 1.29 is 4.79 Å². The van der Waals surface area contributed by atoms with Crippen molar-refractivity contribution in [3.05, 3.63) is 23.2 Å². The lowest BCUT2D eigenvalue weighted by molar-refractivity contribution is -0.114. The highest BCUT2D eigenvalue weighted by Crippen LogP contribution is 2.25. The fourth-order valence-electron chi connectivity index (χ4n) is 1.13. The second-order valence-electron chi connectivity index (χ2n) is 2.91. The number of carbonyl (C=O) groups excluding carboxylic acids is 1. The molecule has 0 saturated carbocycles. The molecule has 0 fully saturated rings. The number of hydrogen-bond donors (Lipinski definition) is 2. The molecule has 0 aliphatic carbocycles. The maximum Gasteiger partial charge on any atom is 0.221 e. The van der Waals surface area contributed by atoms with E-state index >= 15 is 0 Å². The molecular formula is C10H13ClN2O. The van der Waals surface area contributed by atoms with Gasteiger partial charge in [0.2, 0.25) is 5.91 Å². The van der Waals surface area contributed by atoms with Gasteiger partial charge in [-0.05, 0) is 25.1 Å². The first-order chi connectivity index (χ1) is 6.63. The van der Waals surface area contributed by atoms with Crippen LogP contribution in [0.4, 0.5) is 11.4 Å². The number of carbonyl (C=O) groups is 1. The van der Waals surface area contributed by atoms with Crippen LogP contribution in [0.15, 0.2) is 18.2 Å². The van der Waals surface area contributed by atoms with Crippen LogP contribution in [-0.4, -0.2) is 12.5 Å². The van der Waals surface area contributed by atoms with Gasteiger partial charge in [-0.3, -0.25) is 4.79 Å². The summed E-state index contributed by atoms with van der Waals surface area (Å²) in [6.07, 6.45) is 0. The van der Waals surface area contributed by atoms with E-state index in [4.69, 9.17) is 11.6 Å². The normalized spacial score (nSPS) is 9.64. The van der Waals surface area contributed by atoms with E-state index in [0.29, 0.717) is 10.7 Å². The summed E-state index contributed by atoms with van der Waals surface area (Å²) in [5.41, 5.74) is 1.59. The summed E-state index contributed by atoms with van der Waals surface area (Å²) in [6.45, 7) is 4.28. The van der Waals surface area contributed by atoms with Gasteiger partial charge in [-0.25, -0.2) is 0 Å². The molecule has 1 aromatic rings. The summed E-state index contributed by atoms with van der Waals surface area (Å²) in [6, 6.07) is 5.38. The number of hydrogen-bond acceptors (Lipinski definition) is 2. The minimum atomic E-state index is -0.0998. The van der Waals surface area contributed by atoms with E-state index in [2.05, 4.69) is 10.6 Å². The van der Waals surface area contributed by atoms with Crippen LogP contribution in [0, 0.1) is 0 Å². The molecule has 1 rings (SSSR count). The fraction of sp³-hybridized carbons (Fsp3) is 0.300. The first-order valence-electron chi connectivity index (χ1n) is 4.44. The molecule has 3 nitrogen and oxygen atoms in total. The van der Waals surface area contributed by atoms with Crippen molar-refractivity contribution in [1.82, 2.24) is 0 Å². The number of anilines is 2. The van der Waals surface area contributed by atoms with Gasteiger partial charge in [-0.15, -0.1) is 0 Å². The number of nitrogens with one attached hydrogen (secondary N) is 2. The average molecular weight is 213 g/mol. The molecule has 4 heteroatoms. The third kappa shape index (κ3) is 2.92. The summed E-state index contributed by atoms with van der Waals surface area (Å²) in [4.78, 5) is 10.8. The van der Waals surface area contributed by atoms with Gasteiger partial charge in [0, 0.05) is 19.2 Å². The summed E-state index contributed by atoms with van der Waals surface area (Å²) in [5, 5.41) is 6.38. The molecule has 0 atom stereocenters. The third-order valence-corrected chi connectivity index (χ3v) is 1.97. The minimum Gasteiger partial charge on any atom is -0.384 e. The summed E-state index contributed by atoms with van der Waals surface area (Å²) in [7, 11) is 0. The van der Waals surface area contributed by atoms with Crippen LogP contribution >= 0.6 is 11.6 Å². The maximum atomic E-state index is 10.8. The van der Waals surface area contributed by atoms with E-state index < -0.39 is 0 Å². The van der Waals surface area contributed by atoms with Crippen molar-refractivity contribution in [3.63, 3.8) is 0 Å². The highest BCUT2D eigenvalue weighted by atomic mass is 35.5. The monoisotopic (exact) mass is 212 g/mol. The number of benzene rings is 1. The Hall–Kier alpha value is -1.22. The quantitative estimate of drug-likeness (QED) is 0.809. The second-order valence-corrected chi connectivity index (χ2v) is 3.31. The Morgan fingerprint density at radius 2 is 2.21 bits per heavy atom. The van der Waals surface area contributed by atoms with Gasteiger partial charge in [-0.1, -0.05) is 11.6 Å². The van der Waals surface area contributed by atoms with Crippen LogP contribution in [0.1, 0.15) is 13.8 Å². The molecule has 76 valence electrons. The lowest BCUT2D eigenvalue weighted by Crippen LogP contribution is -2.06. The van der Waals surface area contributed by atoms with Crippen molar-refractivity contribution >= 4 is 28.9 Å². The molecule has 2 N–H and O–H groups in total. The molecular weight excluding hydrogens is 200 g/mol. The highest BCUT2D eigenvalue weighted by molar-refractivity contribution is 6.33. The van der Waals surface area contributed by atoms with Crippen molar-refractivity contribution in [2.45, 2.75) is 13.8 Å². The molecule has 0 spiro atoms. The Morgan fingerprint density at radius 1 is 1.50 bits per heavy atom. The Morgan fingerprint density at radius 3 is 2.71 bits per heavy atom. The summed E-state index contributed by atoms with van der Waals surface area (Å²) < 4.78 is 0. The van der Waals surface area contributed by atoms with Gasteiger partial charge in [0.05, 0.1) is 10.7 Å². The van der Waals surface area contributed by atoms with Gasteiger partial charge < -0.3 is 10.6 Å². The number of halogens is 1. The van der Waals surface area contributed by atoms with Crippen LogP contribution in [0.25, 0.3) is 0 Å². The molecule has 0 aliphatic rings. The van der Waals surface area contributed by atoms with E-state index in [9.17, 15) is 4.79 Å². The molecule has 0 aliphatic heterocycles. The fourth-order valence-corrected chi connectivity index (χ4v) is 1.38. The second kappa shape index (κ2) is 4.86. The Kier molecular flexibility index (Phi) is 3.77. The largest absolute Gasteiger partial charge is 0.384 e. The van der Waals surface area contributed by atoms with E-state index in [0.717, 1.165) is 12.2 Å². The number of rotatable bonds is 3. The molecule has 0 aromatic heterocycles. The third-order valence-electron chi connectivity index (χ3n) is 1.66. The predicted molar refractivity (Wildman–Crippen MR) is 59.9 cm³/mol. The molecule has 0 unspecified atom stereocenters. The topological polar surface area (TPSA) is 41.1 Å². The van der Waals surface area contributed by atoms with E-state index in [1.54, 1.807) is 6.07 Å². The van der Waals surface area contributed by atoms with E-state index in [1.165, 1.54) is 6.92 Å². The van der Waals surface area contributed by atoms with Gasteiger partial charge in [0.25, 0.3) is 0 Å². The summed E-state index contributed by atoms with van der Waals surface area (Å²) >= 11 is 5.98. The van der Waals surface area contributed by atoms with Crippen LogP contribution in [0.3, 0.4) is 0 Å². The van der Waals surface area contributed by atoms with Crippen molar-refractivity contribution in [1.29, 1.82) is 0 Å². The molecule has 1 aromatic carbocycles. The van der Waals surface area contributed by atoms with Gasteiger partial charge >= 0.3 is 0 Å². The molecule has 0 radical (unpaired) electrons. The standard InChI is InChI=1S/C10H13ClN2O/c1-3-12-10-5-4-8(6-9(10)11)13-7(2)14/h4-6,12H,3H2,1-2H3,(H,13,14). The van der Waals surface area contributed by atoms with Crippen LogP contribution < -0.4 is 10.6 Å². The average Bonchev–Trinajstić information content (AvgIpc) is 2.09. The lowest BCUT2D eigenvalue weighted by Gasteiger charge is -2.08. The zero-order chi connectivity index (χ0) is 10.6. The first-order valence-corrected chi connectivity index (χ1v) is 4.82. The van der Waals surface area contributed by atoms with E-state index in [1.807, 2.05) is 19.1 Å². The highest BCUT2D eigenvalue weighted by Gasteiger charge is 2.01. The van der Waals surface area contributed by atoms with Gasteiger partial charge in [0.1, 0.15) is 0 Å². The smallest absolute Gasteiger partial charge is 0.221 e. The Bertz CT molecular complexity index is 339. The SMILES string of the molecule is CCNc1ccc(NC(C)=O)cc1Cl. The van der Waals surface area contributed by atoms with Gasteiger partial charge in [0.15, 0.2) is 0 Å². The minimum absolute atomic E-state index is 0.0998. The molecule has 0 bridgehead atoms. The molecule has 14 heavy (non-hydrogen) atoms. The maximum absolute atomic E-state index is 10.8. The van der Waals surface area contributed by atoms with Crippen molar-refractivity contribution in [3.8, 4) is 0 Å². The zero-order valence-corrected chi connectivity index (χ0v) is 8.98. The van der Waals surface area contributed by atoms with Crippen molar-refractivity contribution in [2.75, 3.05) is 17.2 Å². The van der Waals surface area contributed by atoms with Crippen molar-refractivity contribution in [2.24, 2.45) is 0 Å². The first kappa shape index (κ1) is 10.9. The predicted octanol–water partition coefficient (Wildman–Crippen LogP) is 2.73. The van der Waals surface area contributed by atoms with Crippen LogP contribution in [0.2, 0.25) is 5.02 Å². The summed E-state index contributed by atoms with van der Waals surface area (Å²) in [5.74, 6) is -0.0998. The zero-order valence-electron chi connectivity index (χ0n) is 8.23. The molecule has 0 saturated heterocycles. The Labute approximate surface area is 88.5 Å². The molecule has 1 amide bonds. The van der Waals surface area contributed by atoms with E-state index in [-0.39, 0.29) is 5.91 Å². The molecule has 0 heterocycles. The van der Waals surface area contributed by atoms with Crippen LogP contribution in [0.5, 0.6) is 0 Å². The number of amides is 1. The lowest BCUT2D eigenvalue weighted by atomic mass is 10.2.